The number of aliphatic hydroxyl groups is 1. The molecule has 2 heterocycles. The van der Waals surface area contributed by atoms with Crippen LogP contribution in [0.25, 0.3) is 0 Å². The predicted molar refractivity (Wildman–Crippen MR) is 85.9 cm³/mol. The Morgan fingerprint density at radius 3 is 2.48 bits per heavy atom. The van der Waals surface area contributed by atoms with Crippen molar-refractivity contribution in [3.8, 4) is 0 Å². The van der Waals surface area contributed by atoms with E-state index in [-0.39, 0.29) is 27.4 Å². The van der Waals surface area contributed by atoms with E-state index >= 15 is 0 Å². The predicted octanol–water partition coefficient (Wildman–Crippen LogP) is 1.40. The number of β-amino-alcohol motifs (C(OH)–C–C–N with tert-alkyl or cyclic N) is 1. The molecule has 2 bridgehead atoms. The zero-order valence-electron chi connectivity index (χ0n) is 12.1. The summed E-state index contributed by atoms with van der Waals surface area (Å²) in [5.74, 6) is -0.386. The van der Waals surface area contributed by atoms with Gasteiger partial charge >= 0.3 is 0 Å². The van der Waals surface area contributed by atoms with Crippen molar-refractivity contribution in [1.29, 1.82) is 0 Å². The second kappa shape index (κ2) is 6.22. The summed E-state index contributed by atoms with van der Waals surface area (Å²) in [5.41, 5.74) is 0. The van der Waals surface area contributed by atoms with Gasteiger partial charge in [-0.15, -0.1) is 0 Å². The summed E-state index contributed by atoms with van der Waals surface area (Å²) in [6.07, 6.45) is 0.652. The normalized spacial score (nSPS) is 29.0. The average molecular weight is 379 g/mol. The number of hydrogen-bond acceptors (Lipinski definition) is 4. The van der Waals surface area contributed by atoms with Gasteiger partial charge in [-0.1, -0.05) is 23.2 Å². The molecule has 6 nitrogen and oxygen atoms in total. The molecule has 1 amide bonds. The van der Waals surface area contributed by atoms with E-state index in [1.165, 1.54) is 18.2 Å². The van der Waals surface area contributed by atoms with E-state index < -0.39 is 28.2 Å². The number of aliphatic hydroxyl groups excluding tert-OH is 1. The van der Waals surface area contributed by atoms with Gasteiger partial charge in [-0.3, -0.25) is 4.79 Å². The minimum Gasteiger partial charge on any atom is -0.390 e. The van der Waals surface area contributed by atoms with Crippen LogP contribution in [0.4, 0.5) is 0 Å². The van der Waals surface area contributed by atoms with Crippen molar-refractivity contribution >= 4 is 39.1 Å². The zero-order chi connectivity index (χ0) is 16.8. The van der Waals surface area contributed by atoms with Gasteiger partial charge in [0.25, 0.3) is 0 Å². The van der Waals surface area contributed by atoms with Crippen LogP contribution >= 0.6 is 23.2 Å². The second-order valence-corrected chi connectivity index (χ2v) is 8.48. The fraction of sp³-hybridized carbons (Fsp3) is 0.500. The Labute approximate surface area is 144 Å². The fourth-order valence-corrected chi connectivity index (χ4v) is 5.81. The molecule has 2 aliphatic heterocycles. The number of amides is 1. The first-order chi connectivity index (χ1) is 10.8. The number of fused-ring (bicyclic) bond motifs is 2. The highest BCUT2D eigenvalue weighted by Gasteiger charge is 2.47. The Hall–Kier alpha value is -0.860. The van der Waals surface area contributed by atoms with E-state index in [2.05, 4.69) is 5.32 Å². The standard InChI is InChI=1S/C14H16Cl2N2O4S/c15-8-4-9(16)6-10(5-8)23(21,22)18-11-2-1-3-12(18)14(20)17-7-13(11)19/h4-6,11-13,19H,1-3,7H2,(H,17,20)/t11-,12+,13+/m1/s1. The molecular formula is C14H16Cl2N2O4S. The molecule has 0 aromatic heterocycles. The molecule has 1 aromatic rings. The first kappa shape index (κ1) is 17.0. The van der Waals surface area contributed by atoms with E-state index in [1.807, 2.05) is 0 Å². The van der Waals surface area contributed by atoms with Crippen LogP contribution in [0, 0.1) is 0 Å². The third-order valence-electron chi connectivity index (χ3n) is 4.26. The number of halogens is 2. The van der Waals surface area contributed by atoms with Crippen LogP contribution in [0.15, 0.2) is 23.1 Å². The number of sulfonamides is 1. The Morgan fingerprint density at radius 1 is 1.17 bits per heavy atom. The molecule has 9 heteroatoms. The summed E-state index contributed by atoms with van der Waals surface area (Å²) in [6, 6.07) is 2.57. The van der Waals surface area contributed by atoms with Gasteiger partial charge in [-0.25, -0.2) is 8.42 Å². The first-order valence-electron chi connectivity index (χ1n) is 7.26. The highest BCUT2D eigenvalue weighted by molar-refractivity contribution is 7.89. The van der Waals surface area contributed by atoms with Crippen LogP contribution in [0.5, 0.6) is 0 Å². The Balaban J connectivity index is 2.11. The molecule has 0 spiro atoms. The van der Waals surface area contributed by atoms with Crippen molar-refractivity contribution < 1.29 is 18.3 Å². The SMILES string of the molecule is O=C1NC[C@H](O)[C@H]2CCC[C@@H]1N2S(=O)(=O)c1cc(Cl)cc(Cl)c1. The second-order valence-electron chi connectivity index (χ2n) is 5.77. The van der Waals surface area contributed by atoms with Crippen molar-refractivity contribution in [2.45, 2.75) is 42.3 Å². The Bertz CT molecular complexity index is 720. The number of rotatable bonds is 2. The summed E-state index contributed by atoms with van der Waals surface area (Å²) in [6.45, 7) is 0.0440. The zero-order valence-corrected chi connectivity index (χ0v) is 14.4. The van der Waals surface area contributed by atoms with Gasteiger partial charge < -0.3 is 10.4 Å². The fourth-order valence-electron chi connectivity index (χ4n) is 3.22. The minimum atomic E-state index is -4.01. The lowest BCUT2D eigenvalue weighted by Crippen LogP contribution is -2.55. The third kappa shape index (κ3) is 3.08. The quantitative estimate of drug-likeness (QED) is 0.813. The lowest BCUT2D eigenvalue weighted by molar-refractivity contribution is -0.125. The average Bonchev–Trinajstić information content (AvgIpc) is 2.56. The lowest BCUT2D eigenvalue weighted by atomic mass is 9.96. The topological polar surface area (TPSA) is 86.7 Å². The molecule has 1 aromatic carbocycles. The molecule has 3 rings (SSSR count). The molecule has 0 radical (unpaired) electrons. The molecule has 3 atom stereocenters. The monoisotopic (exact) mass is 378 g/mol. The van der Waals surface area contributed by atoms with Crippen LogP contribution in [0.1, 0.15) is 19.3 Å². The van der Waals surface area contributed by atoms with Gasteiger partial charge in [-0.05, 0) is 37.5 Å². The van der Waals surface area contributed by atoms with Gasteiger partial charge in [0.2, 0.25) is 15.9 Å². The first-order valence-corrected chi connectivity index (χ1v) is 9.46. The molecule has 2 fully saturated rings. The van der Waals surface area contributed by atoms with Crippen molar-refractivity contribution in [1.82, 2.24) is 9.62 Å². The van der Waals surface area contributed by atoms with Crippen molar-refractivity contribution in [3.63, 3.8) is 0 Å². The van der Waals surface area contributed by atoms with E-state index in [4.69, 9.17) is 23.2 Å². The molecule has 0 unspecified atom stereocenters. The lowest BCUT2D eigenvalue weighted by Gasteiger charge is -2.39. The number of nitrogens with one attached hydrogen (secondary N) is 1. The van der Waals surface area contributed by atoms with Crippen molar-refractivity contribution in [3.05, 3.63) is 28.2 Å². The number of hydrogen-bond donors (Lipinski definition) is 2. The highest BCUT2D eigenvalue weighted by Crippen LogP contribution is 2.34. The van der Waals surface area contributed by atoms with E-state index in [0.29, 0.717) is 19.3 Å². The highest BCUT2D eigenvalue weighted by atomic mass is 35.5. The largest absolute Gasteiger partial charge is 0.390 e. The third-order valence-corrected chi connectivity index (χ3v) is 6.60. The van der Waals surface area contributed by atoms with Crippen LogP contribution in [-0.4, -0.2) is 48.5 Å². The Morgan fingerprint density at radius 2 is 1.83 bits per heavy atom. The van der Waals surface area contributed by atoms with Gasteiger partial charge in [0.15, 0.2) is 0 Å². The number of piperidine rings is 1. The molecule has 2 saturated heterocycles. The molecular weight excluding hydrogens is 363 g/mol. The maximum Gasteiger partial charge on any atom is 0.244 e. The molecule has 0 aliphatic carbocycles. The van der Waals surface area contributed by atoms with Gasteiger partial charge in [0, 0.05) is 16.6 Å². The van der Waals surface area contributed by atoms with Gasteiger partial charge in [-0.2, -0.15) is 4.31 Å². The maximum atomic E-state index is 13.1. The molecule has 126 valence electrons. The summed E-state index contributed by atoms with van der Waals surface area (Å²) in [7, 11) is -4.01. The van der Waals surface area contributed by atoms with Crippen LogP contribution < -0.4 is 5.32 Å². The number of nitrogens with zero attached hydrogens (tertiary/aromatic N) is 1. The van der Waals surface area contributed by atoms with Crippen molar-refractivity contribution in [2.24, 2.45) is 0 Å². The molecule has 2 aliphatic rings. The van der Waals surface area contributed by atoms with Crippen LogP contribution in [0.2, 0.25) is 10.0 Å². The molecule has 2 N–H and O–H groups in total. The summed E-state index contributed by atoms with van der Waals surface area (Å²) < 4.78 is 27.3. The minimum absolute atomic E-state index is 0.0440. The Kier molecular flexibility index (Phi) is 4.59. The number of benzene rings is 1. The van der Waals surface area contributed by atoms with E-state index in [9.17, 15) is 18.3 Å². The summed E-state index contributed by atoms with van der Waals surface area (Å²) in [5, 5.41) is 13.2. The van der Waals surface area contributed by atoms with Gasteiger partial charge in [0.05, 0.1) is 17.0 Å². The van der Waals surface area contributed by atoms with E-state index in [1.54, 1.807) is 0 Å². The molecule has 0 saturated carbocycles. The summed E-state index contributed by atoms with van der Waals surface area (Å²) in [4.78, 5) is 12.1. The number of carbonyl (C=O) groups is 1. The smallest absolute Gasteiger partial charge is 0.244 e. The van der Waals surface area contributed by atoms with E-state index in [0.717, 1.165) is 4.31 Å². The van der Waals surface area contributed by atoms with Crippen LogP contribution in [0.3, 0.4) is 0 Å². The number of carbonyl (C=O) groups excluding carboxylic acids is 1. The maximum absolute atomic E-state index is 13.1. The molecule has 23 heavy (non-hydrogen) atoms. The van der Waals surface area contributed by atoms with Gasteiger partial charge in [0.1, 0.15) is 6.04 Å². The van der Waals surface area contributed by atoms with Crippen molar-refractivity contribution in [2.75, 3.05) is 6.54 Å². The summed E-state index contributed by atoms with van der Waals surface area (Å²) >= 11 is 11.8. The van der Waals surface area contributed by atoms with Crippen LogP contribution in [-0.2, 0) is 14.8 Å².